The molecule has 0 bridgehead atoms. The molecule has 0 aliphatic rings. The first kappa shape index (κ1) is 65.2. The molecule has 0 saturated heterocycles. The van der Waals surface area contributed by atoms with Gasteiger partial charge in [0, 0.05) is 53.7 Å². The lowest BCUT2D eigenvalue weighted by atomic mass is 9.87. The van der Waals surface area contributed by atoms with Crippen LogP contribution in [0.1, 0.15) is 195 Å². The minimum atomic E-state index is -0.940. The third kappa shape index (κ3) is 16.2. The Balaban J connectivity index is 0.000000186. The van der Waals surface area contributed by atoms with E-state index in [1.807, 2.05) is 114 Å². The van der Waals surface area contributed by atoms with E-state index in [-0.39, 0.29) is 92.1 Å². The van der Waals surface area contributed by atoms with Crippen LogP contribution >= 0.6 is 0 Å². The molecule has 9 aromatic rings. The van der Waals surface area contributed by atoms with E-state index in [0.717, 1.165) is 34.2 Å². The predicted molar refractivity (Wildman–Crippen MR) is 334 cm³/mol. The summed E-state index contributed by atoms with van der Waals surface area (Å²) in [5.41, 5.74) is 3.81. The fourth-order valence-corrected chi connectivity index (χ4v) is 11.3. The van der Waals surface area contributed by atoms with Gasteiger partial charge in [-0.1, -0.05) is 151 Å². The number of hydrogen-bond donors (Lipinski definition) is 9. The SMILES string of the molecule is CCC(Cc1ccc(O)cc1)c1cc(O)c(C(CC)c2ccc(O)cc2)c(=O)o1.CCC(c1ccc(O)cc1)c1c(O)cc(C(CC)C(O)c2ccccc2)oc1=O.CCC(c1ccccc1)c1c(O)cc(C(CC)C(O)c2ccc(O)cc2)oc1=O. The number of aliphatic hydroxyl groups excluding tert-OH is 2. The van der Waals surface area contributed by atoms with Crippen molar-refractivity contribution in [1.82, 2.24) is 0 Å². The Bertz CT molecular complexity index is 3780. The second-order valence-corrected chi connectivity index (χ2v) is 21.6. The molecule has 0 amide bonds. The molecule has 6 aromatic carbocycles. The van der Waals surface area contributed by atoms with Crippen LogP contribution in [0.3, 0.4) is 0 Å². The number of phenols is 4. The minimum absolute atomic E-state index is 0.0686. The third-order valence-electron chi connectivity index (χ3n) is 16.1. The van der Waals surface area contributed by atoms with Crippen LogP contribution in [0.4, 0.5) is 0 Å². The molecule has 3 heterocycles. The summed E-state index contributed by atoms with van der Waals surface area (Å²) >= 11 is 0. The van der Waals surface area contributed by atoms with E-state index in [9.17, 15) is 60.3 Å². The van der Waals surface area contributed by atoms with Crippen molar-refractivity contribution >= 4 is 0 Å². The Morgan fingerprint density at radius 3 is 0.943 bits per heavy atom. The fraction of sp³-hybridized carbons (Fsp3) is 0.292. The van der Waals surface area contributed by atoms with E-state index in [1.54, 1.807) is 78.9 Å². The van der Waals surface area contributed by atoms with Gasteiger partial charge in [-0.25, -0.2) is 14.4 Å². The van der Waals surface area contributed by atoms with Gasteiger partial charge in [0.1, 0.15) is 57.5 Å². The van der Waals surface area contributed by atoms with Crippen molar-refractivity contribution in [2.45, 2.75) is 134 Å². The van der Waals surface area contributed by atoms with Gasteiger partial charge in [0.05, 0.1) is 28.9 Å². The number of benzene rings is 6. The number of phenolic OH excluding ortho intramolecular Hbond substituents is 4. The van der Waals surface area contributed by atoms with Crippen LogP contribution in [0.2, 0.25) is 0 Å². The van der Waals surface area contributed by atoms with Crippen LogP contribution in [0.25, 0.3) is 0 Å². The molecule has 0 radical (unpaired) electrons. The van der Waals surface area contributed by atoms with Crippen LogP contribution in [-0.4, -0.2) is 46.0 Å². The van der Waals surface area contributed by atoms with Gasteiger partial charge in [-0.05, 0) is 127 Å². The van der Waals surface area contributed by atoms with E-state index < -0.39 is 40.9 Å². The fourth-order valence-electron chi connectivity index (χ4n) is 11.3. The van der Waals surface area contributed by atoms with E-state index >= 15 is 0 Å². The van der Waals surface area contributed by atoms with Gasteiger partial charge in [-0.3, -0.25) is 0 Å². The summed E-state index contributed by atoms with van der Waals surface area (Å²) in [5.74, 6) is -0.787. The monoisotopic (exact) mass is 1180 g/mol. The molecule has 9 rings (SSSR count). The highest BCUT2D eigenvalue weighted by molar-refractivity contribution is 5.45. The average molecular weight is 1180 g/mol. The molecular formula is C72H78O15. The number of aromatic hydroxyl groups is 7. The van der Waals surface area contributed by atoms with E-state index in [2.05, 4.69) is 0 Å². The topological polar surface area (TPSA) is 273 Å². The second-order valence-electron chi connectivity index (χ2n) is 21.6. The molecule has 3 aromatic heterocycles. The summed E-state index contributed by atoms with van der Waals surface area (Å²) in [5, 5.41) is 91.6. The molecule has 8 atom stereocenters. The van der Waals surface area contributed by atoms with Crippen molar-refractivity contribution in [3.63, 3.8) is 0 Å². The molecule has 9 N–H and O–H groups in total. The van der Waals surface area contributed by atoms with Gasteiger partial charge in [0.25, 0.3) is 0 Å². The van der Waals surface area contributed by atoms with Gasteiger partial charge in [0.15, 0.2) is 0 Å². The summed E-state index contributed by atoms with van der Waals surface area (Å²) in [6, 6.07) is 49.5. The summed E-state index contributed by atoms with van der Waals surface area (Å²) < 4.78 is 16.8. The molecule has 15 nitrogen and oxygen atoms in total. The number of aliphatic hydroxyl groups is 2. The van der Waals surface area contributed by atoms with Crippen molar-refractivity contribution in [3.05, 3.63) is 275 Å². The molecule has 0 aliphatic carbocycles. The summed E-state index contributed by atoms with van der Waals surface area (Å²) in [6.07, 6.45) is 2.42. The maximum absolute atomic E-state index is 12.8. The van der Waals surface area contributed by atoms with Crippen LogP contribution in [0.15, 0.2) is 204 Å². The van der Waals surface area contributed by atoms with Crippen LogP contribution in [-0.2, 0) is 6.42 Å². The molecule has 0 fully saturated rings. The first-order valence-electron chi connectivity index (χ1n) is 29.6. The van der Waals surface area contributed by atoms with Crippen LogP contribution in [0, 0.1) is 0 Å². The number of rotatable bonds is 21. The standard InChI is InChI=1S/3C24H26O5/c1-3-16(13-15-5-9-18(25)10-6-15)22-14-21(27)23(24(28)29-22)20(4-2)17-7-11-19(26)12-8-17;1-3-18(15-10-12-17(25)13-11-15)22-20(26)14-21(29-24(22)28)19(4-2)23(27)16-8-6-5-7-9-16;1-3-18(15-8-6-5-7-9-15)22-20(26)14-21(29-24(22)28)19(4-2)23(27)16-10-12-17(25)13-11-16/h5-12,14,16,20,25-27H,3-4,13H2,1-2H3;2*5-14,18-19,23,25-27H,3-4H2,1-2H3. The summed E-state index contributed by atoms with van der Waals surface area (Å²) in [7, 11) is 0. The van der Waals surface area contributed by atoms with Crippen molar-refractivity contribution < 1.29 is 59.2 Å². The largest absolute Gasteiger partial charge is 0.508 e. The van der Waals surface area contributed by atoms with Gasteiger partial charge >= 0.3 is 16.9 Å². The molecule has 87 heavy (non-hydrogen) atoms. The Labute approximate surface area is 506 Å². The highest BCUT2D eigenvalue weighted by atomic mass is 16.4. The van der Waals surface area contributed by atoms with Gasteiger partial charge in [0.2, 0.25) is 0 Å². The molecular weight excluding hydrogens is 1100 g/mol. The zero-order chi connectivity index (χ0) is 62.9. The molecule has 0 spiro atoms. The summed E-state index contributed by atoms with van der Waals surface area (Å²) in [4.78, 5) is 38.5. The van der Waals surface area contributed by atoms with E-state index in [0.29, 0.717) is 49.8 Å². The Kier molecular flexibility index (Phi) is 23.0. The smallest absolute Gasteiger partial charge is 0.343 e. The average Bonchev–Trinajstić information content (AvgIpc) is 3.54. The van der Waals surface area contributed by atoms with Crippen molar-refractivity contribution in [3.8, 4) is 40.2 Å². The van der Waals surface area contributed by atoms with Crippen molar-refractivity contribution in [1.29, 1.82) is 0 Å². The van der Waals surface area contributed by atoms with Gasteiger partial charge in [-0.15, -0.1) is 0 Å². The lowest BCUT2D eigenvalue weighted by Gasteiger charge is -2.22. The predicted octanol–water partition coefficient (Wildman–Crippen LogP) is 14.7. The molecule has 15 heteroatoms. The Morgan fingerprint density at radius 2 is 0.621 bits per heavy atom. The Hall–Kier alpha value is -9.31. The van der Waals surface area contributed by atoms with Crippen LogP contribution < -0.4 is 16.9 Å². The lowest BCUT2D eigenvalue weighted by molar-refractivity contribution is 0.129. The normalized spacial score (nSPS) is 13.9. The zero-order valence-corrected chi connectivity index (χ0v) is 49.8. The van der Waals surface area contributed by atoms with Crippen molar-refractivity contribution in [2.24, 2.45) is 0 Å². The Morgan fingerprint density at radius 1 is 0.333 bits per heavy atom. The maximum Gasteiger partial charge on any atom is 0.343 e. The molecule has 0 saturated carbocycles. The van der Waals surface area contributed by atoms with Gasteiger partial charge < -0.3 is 59.2 Å². The van der Waals surface area contributed by atoms with Crippen molar-refractivity contribution in [2.75, 3.05) is 0 Å². The van der Waals surface area contributed by atoms with Gasteiger partial charge in [-0.2, -0.15) is 0 Å². The van der Waals surface area contributed by atoms with Crippen LogP contribution in [0.5, 0.6) is 40.2 Å². The van der Waals surface area contributed by atoms with E-state index in [1.165, 1.54) is 24.3 Å². The first-order valence-corrected chi connectivity index (χ1v) is 29.6. The maximum atomic E-state index is 12.8. The second kappa shape index (κ2) is 30.7. The third-order valence-corrected chi connectivity index (χ3v) is 16.1. The zero-order valence-electron chi connectivity index (χ0n) is 49.8. The molecule has 0 aliphatic heterocycles. The summed E-state index contributed by atoms with van der Waals surface area (Å²) in [6.45, 7) is 11.6. The number of hydrogen-bond acceptors (Lipinski definition) is 15. The highest BCUT2D eigenvalue weighted by Crippen LogP contribution is 2.41. The molecule has 8 unspecified atom stereocenters. The lowest BCUT2D eigenvalue weighted by Crippen LogP contribution is -2.17. The molecule has 456 valence electrons. The first-order chi connectivity index (χ1) is 41.8. The minimum Gasteiger partial charge on any atom is -0.508 e. The quantitative estimate of drug-likeness (QED) is 0.0324. The van der Waals surface area contributed by atoms with E-state index in [4.69, 9.17) is 13.3 Å². The highest BCUT2D eigenvalue weighted by Gasteiger charge is 2.31.